The highest BCUT2D eigenvalue weighted by atomic mass is 35.5. The molecule has 0 aliphatic heterocycles. The van der Waals surface area contributed by atoms with Crippen LogP contribution < -0.4 is 10.2 Å². The van der Waals surface area contributed by atoms with E-state index in [1.807, 2.05) is 12.3 Å². The van der Waals surface area contributed by atoms with Gasteiger partial charge in [0.1, 0.15) is 0 Å². The first-order valence-electron chi connectivity index (χ1n) is 7.35. The van der Waals surface area contributed by atoms with Gasteiger partial charge in [0.15, 0.2) is 5.82 Å². The number of nitrogens with zero attached hydrogens (tertiary/aromatic N) is 2. The van der Waals surface area contributed by atoms with E-state index in [1.165, 1.54) is 5.56 Å². The van der Waals surface area contributed by atoms with E-state index in [9.17, 15) is 0 Å². The van der Waals surface area contributed by atoms with Gasteiger partial charge >= 0.3 is 0 Å². The molecule has 3 nitrogen and oxygen atoms in total. The average molecular weight is 304 g/mol. The average Bonchev–Trinajstić information content (AvgIpc) is 2.49. The van der Waals surface area contributed by atoms with Gasteiger partial charge < -0.3 is 10.2 Å². The highest BCUT2D eigenvalue weighted by Crippen LogP contribution is 2.30. The highest BCUT2D eigenvalue weighted by Gasteiger charge is 2.13. The number of anilines is 2. The van der Waals surface area contributed by atoms with Crippen LogP contribution in [0.25, 0.3) is 0 Å². The predicted molar refractivity (Wildman–Crippen MR) is 90.5 cm³/mol. The first kappa shape index (κ1) is 15.8. The van der Waals surface area contributed by atoms with Crippen LogP contribution >= 0.6 is 11.6 Å². The summed E-state index contributed by atoms with van der Waals surface area (Å²) in [7, 11) is 0. The second kappa shape index (κ2) is 7.43. The molecule has 21 heavy (non-hydrogen) atoms. The number of aromatic nitrogens is 1. The molecule has 0 radical (unpaired) electrons. The van der Waals surface area contributed by atoms with Crippen molar-refractivity contribution < 1.29 is 0 Å². The van der Waals surface area contributed by atoms with E-state index in [4.69, 9.17) is 11.6 Å². The molecule has 0 aliphatic rings. The van der Waals surface area contributed by atoms with Gasteiger partial charge in [-0.1, -0.05) is 36.2 Å². The first-order valence-corrected chi connectivity index (χ1v) is 7.72. The summed E-state index contributed by atoms with van der Waals surface area (Å²) in [6.45, 7) is 8.82. The third kappa shape index (κ3) is 3.96. The lowest BCUT2D eigenvalue weighted by Crippen LogP contribution is -2.18. The lowest BCUT2D eigenvalue weighted by molar-refractivity contribution is 0.724. The molecular weight excluding hydrogens is 282 g/mol. The van der Waals surface area contributed by atoms with Gasteiger partial charge in [0.2, 0.25) is 0 Å². The van der Waals surface area contributed by atoms with Crippen LogP contribution in [0, 0.1) is 6.92 Å². The van der Waals surface area contributed by atoms with Crippen LogP contribution in [0.15, 0.2) is 36.5 Å². The van der Waals surface area contributed by atoms with Crippen molar-refractivity contribution in [2.45, 2.75) is 27.3 Å². The van der Waals surface area contributed by atoms with E-state index in [1.54, 1.807) is 0 Å². The molecule has 1 N–H and O–H groups in total. The summed E-state index contributed by atoms with van der Waals surface area (Å²) in [6, 6.07) is 10.4. The van der Waals surface area contributed by atoms with E-state index in [0.717, 1.165) is 36.7 Å². The zero-order chi connectivity index (χ0) is 15.2. The van der Waals surface area contributed by atoms with Crippen LogP contribution in [0.2, 0.25) is 5.02 Å². The summed E-state index contributed by atoms with van der Waals surface area (Å²) in [4.78, 5) is 6.68. The molecule has 112 valence electrons. The first-order chi connectivity index (χ1) is 10.2. The minimum Gasteiger partial charge on any atom is -0.325 e. The Hall–Kier alpha value is -1.58. The number of halogens is 1. The SMILES string of the molecule is CCNCc1cnc(N(CC)c2ccc(C)cc2)c(Cl)c1. The third-order valence-corrected chi connectivity index (χ3v) is 3.65. The van der Waals surface area contributed by atoms with Gasteiger partial charge in [0.05, 0.1) is 5.02 Å². The fourth-order valence-electron chi connectivity index (χ4n) is 2.21. The maximum absolute atomic E-state index is 6.43. The standard InChI is InChI=1S/C17H22ClN3/c1-4-19-11-14-10-16(18)17(20-12-14)21(5-2)15-8-6-13(3)7-9-15/h6-10,12,19H,4-5,11H2,1-3H3. The Morgan fingerprint density at radius 3 is 2.48 bits per heavy atom. The molecule has 4 heteroatoms. The molecular formula is C17H22ClN3. The Labute approximate surface area is 132 Å². The van der Waals surface area contributed by atoms with Gasteiger partial charge in [-0.25, -0.2) is 4.98 Å². The maximum Gasteiger partial charge on any atom is 0.151 e. The number of hydrogen-bond donors (Lipinski definition) is 1. The number of pyridine rings is 1. The van der Waals surface area contributed by atoms with Crippen molar-refractivity contribution in [2.75, 3.05) is 18.0 Å². The van der Waals surface area contributed by atoms with Crippen LogP contribution in [0.5, 0.6) is 0 Å². The van der Waals surface area contributed by atoms with Gasteiger partial charge in [-0.15, -0.1) is 0 Å². The third-order valence-electron chi connectivity index (χ3n) is 3.38. The van der Waals surface area contributed by atoms with Crippen molar-refractivity contribution in [3.8, 4) is 0 Å². The van der Waals surface area contributed by atoms with Crippen molar-refractivity contribution in [3.63, 3.8) is 0 Å². The monoisotopic (exact) mass is 303 g/mol. The molecule has 0 spiro atoms. The predicted octanol–water partition coefficient (Wildman–Crippen LogP) is 4.31. The largest absolute Gasteiger partial charge is 0.325 e. The molecule has 0 fully saturated rings. The summed E-state index contributed by atoms with van der Waals surface area (Å²) in [6.07, 6.45) is 1.89. The van der Waals surface area contributed by atoms with Gasteiger partial charge in [-0.05, 0) is 44.2 Å². The molecule has 0 saturated carbocycles. The van der Waals surface area contributed by atoms with Crippen LogP contribution in [-0.2, 0) is 6.54 Å². The maximum atomic E-state index is 6.43. The van der Waals surface area contributed by atoms with Crippen molar-refractivity contribution in [1.29, 1.82) is 0 Å². The molecule has 0 atom stereocenters. The summed E-state index contributed by atoms with van der Waals surface area (Å²) in [5, 5.41) is 3.97. The molecule has 0 bridgehead atoms. The number of rotatable bonds is 6. The zero-order valence-electron chi connectivity index (χ0n) is 12.9. The Bertz CT molecular complexity index is 581. The van der Waals surface area contributed by atoms with E-state index < -0.39 is 0 Å². The summed E-state index contributed by atoms with van der Waals surface area (Å²) < 4.78 is 0. The lowest BCUT2D eigenvalue weighted by atomic mass is 10.2. The minimum atomic E-state index is 0.688. The molecule has 2 rings (SSSR count). The number of aryl methyl sites for hydroxylation is 1. The fraction of sp³-hybridized carbons (Fsp3) is 0.353. The Morgan fingerprint density at radius 1 is 1.19 bits per heavy atom. The van der Waals surface area contributed by atoms with Crippen molar-refractivity contribution >= 4 is 23.1 Å². The fourth-order valence-corrected chi connectivity index (χ4v) is 2.51. The van der Waals surface area contributed by atoms with E-state index in [-0.39, 0.29) is 0 Å². The number of hydrogen-bond acceptors (Lipinski definition) is 3. The van der Waals surface area contributed by atoms with E-state index >= 15 is 0 Å². The summed E-state index contributed by atoms with van der Waals surface area (Å²) in [5.74, 6) is 0.809. The van der Waals surface area contributed by atoms with Gasteiger partial charge in [0.25, 0.3) is 0 Å². The van der Waals surface area contributed by atoms with Crippen LogP contribution in [0.3, 0.4) is 0 Å². The van der Waals surface area contributed by atoms with Crippen molar-refractivity contribution in [2.24, 2.45) is 0 Å². The van der Waals surface area contributed by atoms with Crippen LogP contribution in [-0.4, -0.2) is 18.1 Å². The van der Waals surface area contributed by atoms with E-state index in [2.05, 4.69) is 60.2 Å². The molecule has 0 aliphatic carbocycles. The van der Waals surface area contributed by atoms with Crippen LogP contribution in [0.1, 0.15) is 25.0 Å². The molecule has 1 aromatic heterocycles. The minimum absolute atomic E-state index is 0.688. The zero-order valence-corrected chi connectivity index (χ0v) is 13.6. The molecule has 2 aromatic rings. The molecule has 0 unspecified atom stereocenters. The Balaban J connectivity index is 2.27. The Kier molecular flexibility index (Phi) is 5.59. The quantitative estimate of drug-likeness (QED) is 0.862. The van der Waals surface area contributed by atoms with Gasteiger partial charge in [-0.2, -0.15) is 0 Å². The van der Waals surface area contributed by atoms with Crippen molar-refractivity contribution in [3.05, 3.63) is 52.7 Å². The molecule has 1 heterocycles. The highest BCUT2D eigenvalue weighted by molar-refractivity contribution is 6.33. The van der Waals surface area contributed by atoms with Gasteiger partial charge in [-0.3, -0.25) is 0 Å². The van der Waals surface area contributed by atoms with Crippen LogP contribution in [0.4, 0.5) is 11.5 Å². The second-order valence-electron chi connectivity index (χ2n) is 5.01. The topological polar surface area (TPSA) is 28.2 Å². The Morgan fingerprint density at radius 2 is 1.90 bits per heavy atom. The van der Waals surface area contributed by atoms with E-state index in [0.29, 0.717) is 5.02 Å². The smallest absolute Gasteiger partial charge is 0.151 e. The normalized spacial score (nSPS) is 10.7. The second-order valence-corrected chi connectivity index (χ2v) is 5.42. The molecule has 0 amide bonds. The number of nitrogens with one attached hydrogen (secondary N) is 1. The lowest BCUT2D eigenvalue weighted by Gasteiger charge is -2.23. The molecule has 0 saturated heterocycles. The number of benzene rings is 1. The summed E-state index contributed by atoms with van der Waals surface area (Å²) in [5.41, 5.74) is 3.46. The molecule has 1 aromatic carbocycles. The van der Waals surface area contributed by atoms with Gasteiger partial charge in [0, 0.05) is 25.0 Å². The van der Waals surface area contributed by atoms with Crippen molar-refractivity contribution in [1.82, 2.24) is 10.3 Å². The summed E-state index contributed by atoms with van der Waals surface area (Å²) >= 11 is 6.43.